The lowest BCUT2D eigenvalue weighted by atomic mass is 9.38. The summed E-state index contributed by atoms with van der Waals surface area (Å²) in [5, 5.41) is 0. The molecule has 1 saturated heterocycles. The number of rotatable bonds is 2. The van der Waals surface area contributed by atoms with Gasteiger partial charge in [0.15, 0.2) is 0 Å². The summed E-state index contributed by atoms with van der Waals surface area (Å²) in [5.74, 6) is 3.21. The van der Waals surface area contributed by atoms with Gasteiger partial charge in [0.05, 0.1) is 11.5 Å². The minimum Gasteiger partial charge on any atom is -0.336 e. The van der Waals surface area contributed by atoms with Gasteiger partial charge in [-0.1, -0.05) is 26.7 Å². The number of hydrogen-bond donors (Lipinski definition) is 0. The van der Waals surface area contributed by atoms with E-state index < -0.39 is 0 Å². The molecule has 4 saturated carbocycles. The van der Waals surface area contributed by atoms with E-state index in [2.05, 4.69) is 25.7 Å². The Morgan fingerprint density at radius 2 is 1.84 bits per heavy atom. The first kappa shape index (κ1) is 12.2. The van der Waals surface area contributed by atoms with Crippen molar-refractivity contribution in [3.8, 4) is 0 Å². The molecule has 2 bridgehead atoms. The highest BCUT2D eigenvalue weighted by atomic mass is 16.2. The fourth-order valence-electron chi connectivity index (χ4n) is 6.00. The molecule has 106 valence electrons. The molecule has 0 unspecified atom stereocenters. The van der Waals surface area contributed by atoms with Crippen LogP contribution in [0.4, 0.5) is 0 Å². The lowest BCUT2D eigenvalue weighted by Gasteiger charge is -2.74. The van der Waals surface area contributed by atoms with Crippen molar-refractivity contribution < 1.29 is 4.79 Å². The molecule has 4 atom stereocenters. The Morgan fingerprint density at radius 3 is 2.47 bits per heavy atom. The van der Waals surface area contributed by atoms with Gasteiger partial charge in [-0.05, 0) is 55.8 Å². The molecule has 1 amide bonds. The summed E-state index contributed by atoms with van der Waals surface area (Å²) >= 11 is 0. The average molecular weight is 261 g/mol. The Hall–Kier alpha value is -0.530. The van der Waals surface area contributed by atoms with Crippen LogP contribution in [0.3, 0.4) is 0 Å². The normalized spacial score (nSPS) is 47.6. The summed E-state index contributed by atoms with van der Waals surface area (Å²) in [5.41, 5.74) is 0.678. The third-order valence-electron chi connectivity index (χ3n) is 7.46. The van der Waals surface area contributed by atoms with Crippen molar-refractivity contribution in [3.63, 3.8) is 0 Å². The van der Waals surface area contributed by atoms with E-state index in [0.29, 0.717) is 17.2 Å². The van der Waals surface area contributed by atoms with Crippen LogP contribution in [0.25, 0.3) is 0 Å². The van der Waals surface area contributed by atoms with Crippen LogP contribution in [0.1, 0.15) is 59.3 Å². The van der Waals surface area contributed by atoms with Gasteiger partial charge in [0.1, 0.15) is 0 Å². The van der Waals surface area contributed by atoms with E-state index in [-0.39, 0.29) is 5.54 Å². The summed E-state index contributed by atoms with van der Waals surface area (Å²) in [4.78, 5) is 14.8. The zero-order valence-corrected chi connectivity index (χ0v) is 12.6. The Kier molecular flexibility index (Phi) is 2.29. The Bertz CT molecular complexity index is 423. The summed E-state index contributed by atoms with van der Waals surface area (Å²) in [7, 11) is 0. The molecule has 0 N–H and O–H groups in total. The highest BCUT2D eigenvalue weighted by Crippen LogP contribution is 2.69. The fourth-order valence-corrected chi connectivity index (χ4v) is 6.00. The molecule has 4 aliphatic carbocycles. The molecule has 5 rings (SSSR count). The molecule has 0 aromatic heterocycles. The maximum atomic E-state index is 12.5. The van der Waals surface area contributed by atoms with E-state index in [9.17, 15) is 4.79 Å². The number of carbonyl (C=O) groups excluding carboxylic acids is 1. The van der Waals surface area contributed by atoms with E-state index in [1.807, 2.05) is 0 Å². The first-order valence-electron chi connectivity index (χ1n) is 8.27. The quantitative estimate of drug-likeness (QED) is 0.697. The third kappa shape index (κ3) is 1.31. The van der Waals surface area contributed by atoms with E-state index in [0.717, 1.165) is 24.3 Å². The molecule has 1 aliphatic heterocycles. The minimum atomic E-state index is 0.206. The van der Waals surface area contributed by atoms with Crippen LogP contribution in [-0.4, -0.2) is 22.9 Å². The third-order valence-corrected chi connectivity index (χ3v) is 7.46. The van der Waals surface area contributed by atoms with Crippen molar-refractivity contribution in [2.75, 3.05) is 6.54 Å². The number of likely N-dealkylation sites (tertiary alicyclic amines) is 1. The van der Waals surface area contributed by atoms with Gasteiger partial charge in [0.25, 0.3) is 0 Å². The number of β-lactam (4-membered cyclic amide) rings is 1. The summed E-state index contributed by atoms with van der Waals surface area (Å²) < 4.78 is 0. The zero-order chi connectivity index (χ0) is 13.4. The second kappa shape index (κ2) is 3.56. The highest BCUT2D eigenvalue weighted by molar-refractivity contribution is 5.88. The summed E-state index contributed by atoms with van der Waals surface area (Å²) in [6.45, 7) is 8.33. The first-order valence-corrected chi connectivity index (χ1v) is 8.27. The monoisotopic (exact) mass is 261 g/mol. The largest absolute Gasteiger partial charge is 0.336 e. The van der Waals surface area contributed by atoms with Crippen molar-refractivity contribution in [1.82, 2.24) is 4.90 Å². The van der Waals surface area contributed by atoms with E-state index >= 15 is 0 Å². The smallest absolute Gasteiger partial charge is 0.228 e. The summed E-state index contributed by atoms with van der Waals surface area (Å²) in [6.07, 6.45) is 7.99. The molecule has 5 aliphatic rings. The molecule has 2 heteroatoms. The van der Waals surface area contributed by atoms with Crippen LogP contribution >= 0.6 is 0 Å². The molecule has 1 heterocycles. The van der Waals surface area contributed by atoms with E-state index in [1.54, 1.807) is 0 Å². The van der Waals surface area contributed by atoms with Crippen LogP contribution in [0, 0.1) is 29.1 Å². The van der Waals surface area contributed by atoms with Crippen LogP contribution in [-0.2, 0) is 4.79 Å². The van der Waals surface area contributed by atoms with Gasteiger partial charge in [-0.15, -0.1) is 0 Å². The summed E-state index contributed by atoms with van der Waals surface area (Å²) in [6, 6.07) is 0. The molecule has 19 heavy (non-hydrogen) atoms. The number of nitrogens with zero attached hydrogens (tertiary/aromatic N) is 1. The molecule has 5 fully saturated rings. The molecule has 0 aromatic rings. The lowest BCUT2D eigenvalue weighted by Crippen LogP contribution is -2.81. The zero-order valence-electron chi connectivity index (χ0n) is 12.6. The standard InChI is InChI=1S/C17H27NO/c1-16(2)12-8-13-15(19)18(10-11-6-4-5-7-11)17(13,3)14(16)9-12/h11-14H,4-10H2,1-3H3/t12-,13+,14+,17-/m0/s1. The van der Waals surface area contributed by atoms with Gasteiger partial charge in [-0.2, -0.15) is 0 Å². The Morgan fingerprint density at radius 1 is 1.16 bits per heavy atom. The topological polar surface area (TPSA) is 20.3 Å². The van der Waals surface area contributed by atoms with Gasteiger partial charge in [-0.25, -0.2) is 0 Å². The molecule has 0 aromatic carbocycles. The Balaban J connectivity index is 1.57. The van der Waals surface area contributed by atoms with Crippen molar-refractivity contribution in [2.24, 2.45) is 29.1 Å². The molecule has 0 spiro atoms. The van der Waals surface area contributed by atoms with Crippen LogP contribution in [0.2, 0.25) is 0 Å². The SMILES string of the molecule is CC1(C)[C@H]2C[C@@H]3C(=O)N(CC4CCCC4)[C@]3(C)[C@@H]1C2. The van der Waals surface area contributed by atoms with Gasteiger partial charge in [-0.3, -0.25) is 4.79 Å². The predicted molar refractivity (Wildman–Crippen MR) is 75.6 cm³/mol. The van der Waals surface area contributed by atoms with Crippen LogP contribution in [0.15, 0.2) is 0 Å². The highest BCUT2D eigenvalue weighted by Gasteiger charge is 2.72. The van der Waals surface area contributed by atoms with Gasteiger partial charge in [0.2, 0.25) is 5.91 Å². The maximum Gasteiger partial charge on any atom is 0.228 e. The fraction of sp³-hybridized carbons (Fsp3) is 0.941. The number of carbonyl (C=O) groups is 1. The van der Waals surface area contributed by atoms with Crippen molar-refractivity contribution in [3.05, 3.63) is 0 Å². The molecule has 0 radical (unpaired) electrons. The second-order valence-corrected chi connectivity index (χ2v) is 8.42. The first-order chi connectivity index (χ1) is 8.95. The van der Waals surface area contributed by atoms with Crippen LogP contribution in [0.5, 0.6) is 0 Å². The average Bonchev–Trinajstić information content (AvgIpc) is 2.87. The van der Waals surface area contributed by atoms with Gasteiger partial charge < -0.3 is 4.90 Å². The van der Waals surface area contributed by atoms with Crippen LogP contribution < -0.4 is 0 Å². The van der Waals surface area contributed by atoms with E-state index in [1.165, 1.54) is 38.5 Å². The Labute approximate surface area is 116 Å². The molecular formula is C17H27NO. The van der Waals surface area contributed by atoms with Crippen molar-refractivity contribution in [1.29, 1.82) is 0 Å². The molecular weight excluding hydrogens is 234 g/mol. The number of hydrogen-bond acceptors (Lipinski definition) is 1. The molecule has 2 nitrogen and oxygen atoms in total. The maximum absolute atomic E-state index is 12.5. The second-order valence-electron chi connectivity index (χ2n) is 8.42. The van der Waals surface area contributed by atoms with E-state index in [4.69, 9.17) is 0 Å². The predicted octanol–water partition coefficient (Wildman–Crippen LogP) is 3.46. The lowest BCUT2D eigenvalue weighted by molar-refractivity contribution is -0.244. The van der Waals surface area contributed by atoms with Crippen molar-refractivity contribution >= 4 is 5.91 Å². The minimum absolute atomic E-state index is 0.206. The van der Waals surface area contributed by atoms with Crippen molar-refractivity contribution in [2.45, 2.75) is 64.8 Å². The number of amides is 1. The van der Waals surface area contributed by atoms with Gasteiger partial charge in [0, 0.05) is 6.54 Å². The van der Waals surface area contributed by atoms with Gasteiger partial charge >= 0.3 is 0 Å².